The molecule has 1 aromatic rings. The van der Waals surface area contributed by atoms with Gasteiger partial charge in [-0.05, 0) is 18.2 Å². The summed E-state index contributed by atoms with van der Waals surface area (Å²) in [7, 11) is 0. The Morgan fingerprint density at radius 3 is 2.75 bits per heavy atom. The van der Waals surface area contributed by atoms with Crippen molar-refractivity contribution in [3.63, 3.8) is 0 Å². The van der Waals surface area contributed by atoms with E-state index >= 15 is 0 Å². The van der Waals surface area contributed by atoms with Crippen molar-refractivity contribution >= 4 is 50.9 Å². The maximum Gasteiger partial charge on any atom is 0.0542 e. The fourth-order valence-corrected chi connectivity index (χ4v) is 2.45. The van der Waals surface area contributed by atoms with E-state index < -0.39 is 0 Å². The SMILES string of the molecule is Clc1ccc(Cl)c(SCCBr)c1. The molecule has 0 saturated carbocycles. The molecule has 0 aliphatic carbocycles. The lowest BCUT2D eigenvalue weighted by Crippen LogP contribution is -1.80. The van der Waals surface area contributed by atoms with Gasteiger partial charge >= 0.3 is 0 Å². The number of rotatable bonds is 3. The second-order valence-corrected chi connectivity index (χ2v) is 4.89. The molecule has 0 nitrogen and oxygen atoms in total. The van der Waals surface area contributed by atoms with Gasteiger partial charge in [-0.25, -0.2) is 0 Å². The molecule has 1 rings (SSSR count). The van der Waals surface area contributed by atoms with E-state index in [1.165, 1.54) is 0 Å². The Labute approximate surface area is 94.8 Å². The lowest BCUT2D eigenvalue weighted by molar-refractivity contribution is 1.44. The molecule has 0 N–H and O–H groups in total. The summed E-state index contributed by atoms with van der Waals surface area (Å²) in [5.74, 6) is 1.00. The van der Waals surface area contributed by atoms with Crippen LogP contribution < -0.4 is 0 Å². The molecule has 0 heterocycles. The molecular formula is C8H7BrCl2S. The van der Waals surface area contributed by atoms with Crippen molar-refractivity contribution in [2.45, 2.75) is 4.90 Å². The third-order valence-corrected chi connectivity index (χ3v) is 3.88. The number of benzene rings is 1. The van der Waals surface area contributed by atoms with Crippen LogP contribution >= 0.6 is 50.9 Å². The van der Waals surface area contributed by atoms with Crippen molar-refractivity contribution in [2.75, 3.05) is 11.1 Å². The Kier molecular flexibility index (Phi) is 4.80. The Hall–Kier alpha value is 0.630. The molecule has 0 aromatic heterocycles. The van der Waals surface area contributed by atoms with Crippen LogP contribution in [0.2, 0.25) is 10.0 Å². The monoisotopic (exact) mass is 284 g/mol. The van der Waals surface area contributed by atoms with Crippen molar-refractivity contribution in [1.82, 2.24) is 0 Å². The molecule has 0 spiro atoms. The van der Waals surface area contributed by atoms with Gasteiger partial charge in [-0.3, -0.25) is 0 Å². The van der Waals surface area contributed by atoms with E-state index in [9.17, 15) is 0 Å². The minimum atomic E-state index is 0.733. The van der Waals surface area contributed by atoms with Gasteiger partial charge in [0, 0.05) is 21.0 Å². The maximum atomic E-state index is 5.94. The summed E-state index contributed by atoms with van der Waals surface area (Å²) in [5, 5.41) is 2.46. The first-order chi connectivity index (χ1) is 5.74. The molecule has 0 bridgehead atoms. The van der Waals surface area contributed by atoms with Gasteiger partial charge < -0.3 is 0 Å². The molecule has 0 atom stereocenters. The van der Waals surface area contributed by atoms with Crippen LogP contribution in [0.5, 0.6) is 0 Å². The lowest BCUT2D eigenvalue weighted by atomic mass is 10.4. The van der Waals surface area contributed by atoms with E-state index in [0.29, 0.717) is 0 Å². The Balaban J connectivity index is 2.75. The molecule has 0 aliphatic rings. The summed E-state index contributed by atoms with van der Waals surface area (Å²) in [6.07, 6.45) is 0. The van der Waals surface area contributed by atoms with Gasteiger partial charge in [0.1, 0.15) is 0 Å². The van der Waals surface area contributed by atoms with Gasteiger partial charge in [-0.15, -0.1) is 11.8 Å². The van der Waals surface area contributed by atoms with E-state index in [1.54, 1.807) is 17.8 Å². The maximum absolute atomic E-state index is 5.94. The number of thioether (sulfide) groups is 1. The van der Waals surface area contributed by atoms with Crippen LogP contribution in [0.3, 0.4) is 0 Å². The highest BCUT2D eigenvalue weighted by molar-refractivity contribution is 9.09. The van der Waals surface area contributed by atoms with Crippen LogP contribution in [-0.4, -0.2) is 11.1 Å². The molecule has 4 heteroatoms. The van der Waals surface area contributed by atoms with Gasteiger partial charge in [0.2, 0.25) is 0 Å². The van der Waals surface area contributed by atoms with Crippen LogP contribution in [0.15, 0.2) is 23.1 Å². The minimum absolute atomic E-state index is 0.733. The molecule has 0 radical (unpaired) electrons. The second kappa shape index (κ2) is 5.38. The highest BCUT2D eigenvalue weighted by Crippen LogP contribution is 2.29. The van der Waals surface area contributed by atoms with Crippen molar-refractivity contribution < 1.29 is 0 Å². The Morgan fingerprint density at radius 1 is 1.33 bits per heavy atom. The van der Waals surface area contributed by atoms with Crippen LogP contribution in [0.4, 0.5) is 0 Å². The highest BCUT2D eigenvalue weighted by atomic mass is 79.9. The average Bonchev–Trinajstić information content (AvgIpc) is 2.07. The van der Waals surface area contributed by atoms with Crippen LogP contribution in [0.1, 0.15) is 0 Å². The van der Waals surface area contributed by atoms with Gasteiger partial charge in [-0.2, -0.15) is 0 Å². The van der Waals surface area contributed by atoms with Crippen LogP contribution in [0.25, 0.3) is 0 Å². The van der Waals surface area contributed by atoms with E-state index in [1.807, 2.05) is 12.1 Å². The van der Waals surface area contributed by atoms with Gasteiger partial charge in [0.05, 0.1) is 5.02 Å². The molecule has 12 heavy (non-hydrogen) atoms. The Bertz CT molecular complexity index is 265. The fourth-order valence-electron chi connectivity index (χ4n) is 0.736. The number of halogens is 3. The standard InChI is InChI=1S/C8H7BrCl2S/c9-3-4-12-8-5-6(10)1-2-7(8)11/h1-2,5H,3-4H2. The smallest absolute Gasteiger partial charge is 0.0542 e. The summed E-state index contributed by atoms with van der Waals surface area (Å²) in [6.45, 7) is 0. The largest absolute Gasteiger partial charge is 0.124 e. The van der Waals surface area contributed by atoms with Crippen LogP contribution in [0, 0.1) is 0 Å². The van der Waals surface area contributed by atoms with E-state index in [4.69, 9.17) is 23.2 Å². The first kappa shape index (κ1) is 10.7. The third-order valence-electron chi connectivity index (χ3n) is 1.23. The fraction of sp³-hybridized carbons (Fsp3) is 0.250. The number of hydrogen-bond acceptors (Lipinski definition) is 1. The average molecular weight is 286 g/mol. The first-order valence-corrected chi connectivity index (χ1v) is 6.24. The molecule has 66 valence electrons. The molecule has 1 aromatic carbocycles. The zero-order chi connectivity index (χ0) is 8.97. The van der Waals surface area contributed by atoms with Crippen molar-refractivity contribution in [3.8, 4) is 0 Å². The first-order valence-electron chi connectivity index (χ1n) is 3.38. The summed E-state index contributed by atoms with van der Waals surface area (Å²) in [5.41, 5.74) is 0. The van der Waals surface area contributed by atoms with Gasteiger partial charge in [-0.1, -0.05) is 39.1 Å². The molecule has 0 saturated heterocycles. The zero-order valence-electron chi connectivity index (χ0n) is 6.19. The van der Waals surface area contributed by atoms with Crippen molar-refractivity contribution in [2.24, 2.45) is 0 Å². The van der Waals surface area contributed by atoms with Crippen LogP contribution in [-0.2, 0) is 0 Å². The van der Waals surface area contributed by atoms with E-state index in [-0.39, 0.29) is 0 Å². The molecule has 0 amide bonds. The Morgan fingerprint density at radius 2 is 2.08 bits per heavy atom. The minimum Gasteiger partial charge on any atom is -0.124 e. The number of alkyl halides is 1. The summed E-state index contributed by atoms with van der Waals surface area (Å²) in [4.78, 5) is 1.05. The predicted octanol–water partition coefficient (Wildman–Crippen LogP) is 4.48. The molecule has 0 unspecified atom stereocenters. The highest BCUT2D eigenvalue weighted by Gasteiger charge is 2.00. The summed E-state index contributed by atoms with van der Waals surface area (Å²) in [6, 6.07) is 5.50. The molecule has 0 fully saturated rings. The zero-order valence-corrected chi connectivity index (χ0v) is 10.1. The van der Waals surface area contributed by atoms with E-state index in [2.05, 4.69) is 15.9 Å². The topological polar surface area (TPSA) is 0 Å². The van der Waals surface area contributed by atoms with Crippen molar-refractivity contribution in [3.05, 3.63) is 28.2 Å². The van der Waals surface area contributed by atoms with Gasteiger partial charge in [0.25, 0.3) is 0 Å². The normalized spacial score (nSPS) is 10.2. The molecule has 0 aliphatic heterocycles. The van der Waals surface area contributed by atoms with Gasteiger partial charge in [0.15, 0.2) is 0 Å². The van der Waals surface area contributed by atoms with Crippen molar-refractivity contribution in [1.29, 1.82) is 0 Å². The number of hydrogen-bond donors (Lipinski definition) is 0. The molecular weight excluding hydrogens is 279 g/mol. The third kappa shape index (κ3) is 3.17. The lowest BCUT2D eigenvalue weighted by Gasteiger charge is -2.02. The predicted molar refractivity (Wildman–Crippen MR) is 61.0 cm³/mol. The second-order valence-electron chi connectivity index (χ2n) is 2.11. The summed E-state index contributed by atoms with van der Waals surface area (Å²) >= 11 is 16.8. The summed E-state index contributed by atoms with van der Waals surface area (Å²) < 4.78 is 0. The quantitative estimate of drug-likeness (QED) is 0.583. The van der Waals surface area contributed by atoms with E-state index in [0.717, 1.165) is 26.0 Å².